The van der Waals surface area contributed by atoms with E-state index in [1.807, 2.05) is 23.5 Å². The van der Waals surface area contributed by atoms with Gasteiger partial charge in [0.1, 0.15) is 16.5 Å². The van der Waals surface area contributed by atoms with E-state index >= 15 is 0 Å². The van der Waals surface area contributed by atoms with Crippen molar-refractivity contribution in [2.24, 2.45) is 0 Å². The lowest BCUT2D eigenvalue weighted by Gasteiger charge is -2.26. The zero-order valence-electron chi connectivity index (χ0n) is 11.0. The average molecular weight is 312 g/mol. The molecule has 0 amide bonds. The first-order chi connectivity index (χ1) is 9.19. The van der Waals surface area contributed by atoms with Crippen molar-refractivity contribution in [1.29, 1.82) is 0 Å². The summed E-state index contributed by atoms with van der Waals surface area (Å²) in [5, 5.41) is 1.95. The number of anilines is 1. The van der Waals surface area contributed by atoms with Crippen LogP contribution in [0.1, 0.15) is 29.8 Å². The molecule has 0 bridgehead atoms. The molecule has 1 saturated heterocycles. The lowest BCUT2D eigenvalue weighted by atomic mass is 10.2. The van der Waals surface area contributed by atoms with Crippen molar-refractivity contribution in [1.82, 2.24) is 9.97 Å². The van der Waals surface area contributed by atoms with Crippen molar-refractivity contribution < 1.29 is 0 Å². The van der Waals surface area contributed by atoms with Crippen LogP contribution in [-0.4, -0.2) is 26.7 Å². The highest BCUT2D eigenvalue weighted by Crippen LogP contribution is 2.42. The summed E-state index contributed by atoms with van der Waals surface area (Å²) in [5.74, 6) is 3.95. The van der Waals surface area contributed by atoms with Gasteiger partial charge < -0.3 is 5.73 Å². The Hall–Kier alpha value is -0.460. The van der Waals surface area contributed by atoms with E-state index < -0.39 is 0 Å². The van der Waals surface area contributed by atoms with Crippen LogP contribution in [0.2, 0.25) is 0 Å². The monoisotopic (exact) mass is 311 g/mol. The van der Waals surface area contributed by atoms with E-state index in [2.05, 4.69) is 24.9 Å². The number of nitrogen functional groups attached to an aromatic ring is 1. The molecule has 0 aliphatic carbocycles. The molecular weight excluding hydrogens is 294 g/mol. The van der Waals surface area contributed by atoms with E-state index in [0.29, 0.717) is 16.3 Å². The molecule has 2 N–H and O–H groups in total. The summed E-state index contributed by atoms with van der Waals surface area (Å²) in [4.78, 5) is 11.7. The first-order valence-electron chi connectivity index (χ1n) is 6.48. The Morgan fingerprint density at radius 2 is 2.11 bits per heavy atom. The van der Waals surface area contributed by atoms with Gasteiger partial charge in [-0.1, -0.05) is 13.8 Å². The van der Waals surface area contributed by atoms with Crippen LogP contribution in [0.5, 0.6) is 0 Å². The molecule has 1 aliphatic heterocycles. The van der Waals surface area contributed by atoms with E-state index in [1.165, 1.54) is 16.4 Å². The quantitative estimate of drug-likeness (QED) is 0.915. The van der Waals surface area contributed by atoms with Crippen LogP contribution in [0.25, 0.3) is 10.2 Å². The second-order valence-corrected chi connectivity index (χ2v) is 8.47. The molecular formula is C13H17N3S3. The maximum Gasteiger partial charge on any atom is 0.146 e. The highest BCUT2D eigenvalue weighted by atomic mass is 32.2. The molecule has 0 spiro atoms. The van der Waals surface area contributed by atoms with Crippen molar-refractivity contribution in [3.8, 4) is 0 Å². The van der Waals surface area contributed by atoms with Gasteiger partial charge in [0.2, 0.25) is 0 Å². The van der Waals surface area contributed by atoms with Gasteiger partial charge in [-0.25, -0.2) is 9.97 Å². The fourth-order valence-corrected chi connectivity index (χ4v) is 5.90. The minimum absolute atomic E-state index is 0.373. The number of hydrogen-bond donors (Lipinski definition) is 1. The molecule has 6 heteroatoms. The summed E-state index contributed by atoms with van der Waals surface area (Å²) in [6.45, 7) is 4.42. The maximum absolute atomic E-state index is 6.12. The van der Waals surface area contributed by atoms with Crippen molar-refractivity contribution in [2.45, 2.75) is 30.8 Å². The zero-order valence-corrected chi connectivity index (χ0v) is 13.5. The van der Waals surface area contributed by atoms with Crippen LogP contribution in [-0.2, 0) is 6.42 Å². The van der Waals surface area contributed by atoms with Gasteiger partial charge in [-0.15, -0.1) is 23.1 Å². The first-order valence-corrected chi connectivity index (χ1v) is 9.39. The molecule has 102 valence electrons. The highest BCUT2D eigenvalue weighted by Gasteiger charge is 2.27. The summed E-state index contributed by atoms with van der Waals surface area (Å²) in [6, 6.07) is 2.13. The third-order valence-electron chi connectivity index (χ3n) is 3.28. The van der Waals surface area contributed by atoms with Crippen molar-refractivity contribution in [3.63, 3.8) is 0 Å². The number of nitrogens with zero attached hydrogens (tertiary/aromatic N) is 2. The second-order valence-electron chi connectivity index (χ2n) is 4.62. The minimum Gasteiger partial charge on any atom is -0.383 e. The summed E-state index contributed by atoms with van der Waals surface area (Å²) >= 11 is 5.70. The fourth-order valence-electron chi connectivity index (χ4n) is 2.23. The van der Waals surface area contributed by atoms with Crippen molar-refractivity contribution in [3.05, 3.63) is 16.8 Å². The largest absolute Gasteiger partial charge is 0.383 e. The number of hydrogen-bond acceptors (Lipinski definition) is 6. The van der Waals surface area contributed by atoms with Crippen LogP contribution in [0, 0.1) is 0 Å². The van der Waals surface area contributed by atoms with Crippen molar-refractivity contribution in [2.75, 3.05) is 17.2 Å². The Morgan fingerprint density at radius 1 is 1.32 bits per heavy atom. The lowest BCUT2D eigenvalue weighted by Crippen LogP contribution is -2.18. The maximum atomic E-state index is 6.12. The summed E-state index contributed by atoms with van der Waals surface area (Å²) < 4.78 is 0. The Labute approximate surface area is 125 Å². The Balaban J connectivity index is 2.04. The number of nitrogens with two attached hydrogens (primary N) is 1. The topological polar surface area (TPSA) is 51.8 Å². The summed E-state index contributed by atoms with van der Waals surface area (Å²) in [6.07, 6.45) is 1.03. The van der Waals surface area contributed by atoms with Crippen LogP contribution in [0.15, 0.2) is 6.07 Å². The molecule has 1 fully saturated rings. The molecule has 3 rings (SSSR count). The normalized spacial score (nSPS) is 23.9. The molecule has 19 heavy (non-hydrogen) atoms. The Bertz CT molecular complexity index is 596. The number of thioether (sulfide) groups is 2. The number of thiophene rings is 1. The molecule has 0 radical (unpaired) electrons. The predicted octanol–water partition coefficient (Wildman–Crippen LogP) is 3.75. The molecule has 3 nitrogen and oxygen atoms in total. The van der Waals surface area contributed by atoms with Crippen LogP contribution >= 0.6 is 34.9 Å². The SMILES string of the molecule is CCc1cc2c(N)nc(C3SCCSC3C)nc2s1. The predicted molar refractivity (Wildman–Crippen MR) is 88.3 cm³/mol. The molecule has 2 aromatic rings. The first kappa shape index (κ1) is 13.5. The van der Waals surface area contributed by atoms with E-state index in [9.17, 15) is 0 Å². The molecule has 2 aromatic heterocycles. The van der Waals surface area contributed by atoms with Crippen LogP contribution in [0.3, 0.4) is 0 Å². The molecule has 2 unspecified atom stereocenters. The van der Waals surface area contributed by atoms with Gasteiger partial charge in [-0.05, 0) is 12.5 Å². The fraction of sp³-hybridized carbons (Fsp3) is 0.538. The van der Waals surface area contributed by atoms with E-state index in [1.54, 1.807) is 11.3 Å². The lowest BCUT2D eigenvalue weighted by molar-refractivity contribution is 0.836. The number of rotatable bonds is 2. The third kappa shape index (κ3) is 2.58. The van der Waals surface area contributed by atoms with Gasteiger partial charge >= 0.3 is 0 Å². The Morgan fingerprint density at radius 3 is 2.84 bits per heavy atom. The van der Waals surface area contributed by atoms with E-state index in [0.717, 1.165) is 22.5 Å². The van der Waals surface area contributed by atoms with Crippen LogP contribution < -0.4 is 5.73 Å². The second kappa shape index (κ2) is 5.50. The molecule has 3 heterocycles. The smallest absolute Gasteiger partial charge is 0.146 e. The van der Waals surface area contributed by atoms with Gasteiger partial charge in [0.25, 0.3) is 0 Å². The number of aromatic nitrogens is 2. The standard InChI is InChI=1S/C13H17N3S3/c1-3-8-6-9-11(14)15-12(16-13(9)19-8)10-7(2)17-4-5-18-10/h6-7,10H,3-5H2,1-2H3,(H2,14,15,16). The summed E-state index contributed by atoms with van der Waals surface area (Å²) in [7, 11) is 0. The Kier molecular flexibility index (Phi) is 3.91. The summed E-state index contributed by atoms with van der Waals surface area (Å²) in [5.41, 5.74) is 6.12. The average Bonchev–Trinajstić information content (AvgIpc) is 2.83. The van der Waals surface area contributed by atoms with E-state index in [4.69, 9.17) is 10.7 Å². The number of aryl methyl sites for hydroxylation is 1. The van der Waals surface area contributed by atoms with Gasteiger partial charge in [0, 0.05) is 21.6 Å². The molecule has 2 atom stereocenters. The third-order valence-corrected chi connectivity index (χ3v) is 7.54. The molecule has 1 aliphatic rings. The van der Waals surface area contributed by atoms with E-state index in [-0.39, 0.29) is 0 Å². The minimum atomic E-state index is 0.373. The molecule has 0 saturated carbocycles. The molecule has 0 aromatic carbocycles. The number of fused-ring (bicyclic) bond motifs is 1. The van der Waals surface area contributed by atoms with Crippen LogP contribution in [0.4, 0.5) is 5.82 Å². The van der Waals surface area contributed by atoms with Gasteiger partial charge in [0.05, 0.1) is 10.6 Å². The van der Waals surface area contributed by atoms with Crippen molar-refractivity contribution >= 4 is 50.9 Å². The zero-order chi connectivity index (χ0) is 13.4. The highest BCUT2D eigenvalue weighted by molar-refractivity contribution is 8.06. The van der Waals surface area contributed by atoms with Gasteiger partial charge in [0.15, 0.2) is 0 Å². The van der Waals surface area contributed by atoms with Gasteiger partial charge in [-0.2, -0.15) is 11.8 Å². The van der Waals surface area contributed by atoms with Gasteiger partial charge in [-0.3, -0.25) is 0 Å².